The molecule has 2 bridgehead atoms. The van der Waals surface area contributed by atoms with E-state index in [-0.39, 0.29) is 25.0 Å². The molecule has 2 N–H and O–H groups in total. The maximum Gasteiger partial charge on any atom is 0.312 e. The second kappa shape index (κ2) is 10.0. The summed E-state index contributed by atoms with van der Waals surface area (Å²) in [4.78, 5) is 42.0. The molecule has 3 aliphatic heterocycles. The third-order valence-electron chi connectivity index (χ3n) is 7.64. The van der Waals surface area contributed by atoms with Crippen LogP contribution in [0.5, 0.6) is 0 Å². The van der Waals surface area contributed by atoms with Crippen molar-refractivity contribution in [2.24, 2.45) is 11.8 Å². The molecule has 0 aliphatic carbocycles. The molecule has 3 fully saturated rings. The van der Waals surface area contributed by atoms with E-state index in [0.29, 0.717) is 25.8 Å². The van der Waals surface area contributed by atoms with Crippen LogP contribution in [0.2, 0.25) is 0 Å². The molecule has 0 saturated carbocycles. The zero-order valence-electron chi connectivity index (χ0n) is 20.3. The van der Waals surface area contributed by atoms with E-state index in [1.807, 2.05) is 32.0 Å². The van der Waals surface area contributed by atoms with E-state index in [2.05, 4.69) is 5.32 Å². The van der Waals surface area contributed by atoms with Crippen LogP contribution in [0.1, 0.15) is 56.6 Å². The van der Waals surface area contributed by atoms with E-state index in [9.17, 15) is 14.4 Å². The van der Waals surface area contributed by atoms with Crippen molar-refractivity contribution in [3.63, 3.8) is 0 Å². The first-order chi connectivity index (χ1) is 16.4. The number of hydrogen-bond donors (Lipinski definition) is 2. The van der Waals surface area contributed by atoms with Gasteiger partial charge in [0.2, 0.25) is 11.8 Å². The number of likely N-dealkylation sites (tertiary alicyclic amines) is 1. The minimum atomic E-state index is -1.01. The van der Waals surface area contributed by atoms with Gasteiger partial charge in [-0.05, 0) is 57.6 Å². The van der Waals surface area contributed by atoms with Crippen LogP contribution >= 0.6 is 0 Å². The first-order valence-electron chi connectivity index (χ1n) is 12.5. The number of hydrogen-bond acceptors (Lipinski definition) is 6. The van der Waals surface area contributed by atoms with Gasteiger partial charge in [-0.1, -0.05) is 31.0 Å². The van der Waals surface area contributed by atoms with E-state index in [0.717, 1.165) is 36.1 Å². The van der Waals surface area contributed by atoms with Crippen molar-refractivity contribution in [3.05, 3.63) is 29.3 Å². The summed E-state index contributed by atoms with van der Waals surface area (Å²) in [7, 11) is 0. The second-order valence-electron chi connectivity index (χ2n) is 9.73. The maximum atomic E-state index is 13.8. The molecular weight excluding hydrogens is 436 g/mol. The molecule has 8 nitrogen and oxygen atoms in total. The summed E-state index contributed by atoms with van der Waals surface area (Å²) in [5.74, 6) is -2.24. The number of aliphatic hydroxyl groups is 1. The second-order valence-corrected chi connectivity index (χ2v) is 9.73. The van der Waals surface area contributed by atoms with Gasteiger partial charge in [0, 0.05) is 18.8 Å². The van der Waals surface area contributed by atoms with Crippen LogP contribution in [0.3, 0.4) is 0 Å². The summed E-state index contributed by atoms with van der Waals surface area (Å²) >= 11 is 0. The Morgan fingerprint density at radius 2 is 1.91 bits per heavy atom. The highest BCUT2D eigenvalue weighted by atomic mass is 16.6. The average Bonchev–Trinajstić information content (AvgIpc) is 3.44. The predicted octanol–water partition coefficient (Wildman–Crippen LogP) is 2.73. The monoisotopic (exact) mass is 472 g/mol. The highest BCUT2D eigenvalue weighted by molar-refractivity contribution is 6.03. The molecule has 1 aromatic carbocycles. The van der Waals surface area contributed by atoms with Gasteiger partial charge in [0.25, 0.3) is 0 Å². The molecule has 1 spiro atoms. The molecule has 186 valence electrons. The minimum Gasteiger partial charge on any atom is -0.466 e. The van der Waals surface area contributed by atoms with Crippen LogP contribution in [0.25, 0.3) is 0 Å². The summed E-state index contributed by atoms with van der Waals surface area (Å²) in [6, 6.07) is 5.03. The van der Waals surface area contributed by atoms with Crippen molar-refractivity contribution in [2.45, 2.75) is 77.0 Å². The number of carbonyl (C=O) groups excluding carboxylic acids is 3. The largest absolute Gasteiger partial charge is 0.466 e. The lowest BCUT2D eigenvalue weighted by Crippen LogP contribution is -2.53. The maximum absolute atomic E-state index is 13.8. The molecule has 34 heavy (non-hydrogen) atoms. The summed E-state index contributed by atoms with van der Waals surface area (Å²) in [6.45, 7) is 6.43. The van der Waals surface area contributed by atoms with Crippen molar-refractivity contribution in [3.8, 4) is 0 Å². The lowest BCUT2D eigenvalue weighted by molar-refractivity contribution is -0.154. The van der Waals surface area contributed by atoms with E-state index in [4.69, 9.17) is 14.6 Å². The highest BCUT2D eigenvalue weighted by Gasteiger charge is 2.74. The predicted molar refractivity (Wildman–Crippen MR) is 126 cm³/mol. The highest BCUT2D eigenvalue weighted by Crippen LogP contribution is 2.58. The van der Waals surface area contributed by atoms with E-state index >= 15 is 0 Å². The van der Waals surface area contributed by atoms with Gasteiger partial charge in [0.05, 0.1) is 24.5 Å². The number of benzene rings is 1. The fourth-order valence-corrected chi connectivity index (χ4v) is 6.15. The van der Waals surface area contributed by atoms with Gasteiger partial charge in [0.15, 0.2) is 0 Å². The Morgan fingerprint density at radius 1 is 1.21 bits per heavy atom. The average molecular weight is 473 g/mol. The fraction of sp³-hybridized carbons (Fsp3) is 0.654. The molecule has 0 radical (unpaired) electrons. The molecule has 3 heterocycles. The van der Waals surface area contributed by atoms with Gasteiger partial charge in [-0.15, -0.1) is 0 Å². The first-order valence-corrected chi connectivity index (χ1v) is 12.5. The lowest BCUT2D eigenvalue weighted by atomic mass is 9.70. The normalized spacial score (nSPS) is 29.4. The molecule has 1 aromatic rings. The van der Waals surface area contributed by atoms with Gasteiger partial charge in [-0.3, -0.25) is 14.4 Å². The molecular formula is C26H36N2O6. The number of esters is 1. The van der Waals surface area contributed by atoms with Crippen LogP contribution in [0.4, 0.5) is 5.69 Å². The third kappa shape index (κ3) is 4.11. The smallest absolute Gasteiger partial charge is 0.312 e. The lowest BCUT2D eigenvalue weighted by Gasteiger charge is -2.33. The zero-order chi connectivity index (χ0) is 24.5. The molecule has 3 saturated heterocycles. The number of amides is 2. The number of fused-ring (bicyclic) bond motifs is 1. The number of nitrogens with zero attached hydrogens (tertiary/aromatic N) is 1. The molecule has 5 atom stereocenters. The number of rotatable bonds is 10. The van der Waals surface area contributed by atoms with Gasteiger partial charge >= 0.3 is 5.97 Å². The molecule has 4 rings (SSSR count). The number of anilines is 1. The number of carbonyl (C=O) groups is 3. The summed E-state index contributed by atoms with van der Waals surface area (Å²) in [5.41, 5.74) is 1.63. The Kier molecular flexibility index (Phi) is 7.28. The number of unbranched alkanes of at least 4 members (excludes halogenated alkanes) is 3. The summed E-state index contributed by atoms with van der Waals surface area (Å²) in [5, 5.41) is 12.1. The number of aryl methyl sites for hydroxylation is 2. The number of aliphatic hydroxyl groups excluding tert-OH is 1. The van der Waals surface area contributed by atoms with Gasteiger partial charge in [-0.2, -0.15) is 0 Å². The topological polar surface area (TPSA) is 105 Å². The Balaban J connectivity index is 1.64. The Bertz CT molecular complexity index is 929. The van der Waals surface area contributed by atoms with Gasteiger partial charge in [0.1, 0.15) is 11.6 Å². The molecule has 0 aromatic heterocycles. The quantitative estimate of drug-likeness (QED) is 0.401. The van der Waals surface area contributed by atoms with Crippen molar-refractivity contribution in [2.75, 3.05) is 25.1 Å². The van der Waals surface area contributed by atoms with Crippen LogP contribution in [0.15, 0.2) is 18.2 Å². The number of nitrogens with one attached hydrogen (secondary N) is 1. The Labute approximate surface area is 201 Å². The van der Waals surface area contributed by atoms with Crippen LogP contribution in [0, 0.1) is 25.7 Å². The fourth-order valence-electron chi connectivity index (χ4n) is 6.15. The van der Waals surface area contributed by atoms with E-state index in [1.54, 1.807) is 11.8 Å². The molecule has 3 aliphatic rings. The standard InChI is InChI=1S/C26H36N2O6/c1-4-33-25(32)19-18-12-13-26(34-18)20(19)24(31)28(14-7-5-6-8-15-29)22(26)23(30)27-21-16(2)10-9-11-17(21)3/h9-11,18-20,22,29H,4-8,12-15H2,1-3H3,(H,27,30)/t18-,19+,20+,22-,26+/m1/s1. The van der Waals surface area contributed by atoms with Crippen molar-refractivity contribution >= 4 is 23.5 Å². The van der Waals surface area contributed by atoms with Crippen LogP contribution < -0.4 is 5.32 Å². The van der Waals surface area contributed by atoms with Crippen LogP contribution in [-0.4, -0.2) is 65.3 Å². The SMILES string of the molecule is CCOC(=O)[C@@H]1[C@H]2C(=O)N(CCCCCCO)[C@H](C(=O)Nc3c(C)cccc3C)[C@]23CC[C@H]1O3. The van der Waals surface area contributed by atoms with Crippen LogP contribution in [-0.2, 0) is 23.9 Å². The Morgan fingerprint density at radius 3 is 2.59 bits per heavy atom. The minimum absolute atomic E-state index is 0.144. The number of para-hydroxylation sites is 1. The van der Waals surface area contributed by atoms with Crippen molar-refractivity contribution < 1.29 is 29.0 Å². The van der Waals surface area contributed by atoms with Gasteiger partial charge in [-0.25, -0.2) is 0 Å². The van der Waals surface area contributed by atoms with E-state index < -0.39 is 35.6 Å². The first kappa shape index (κ1) is 24.7. The summed E-state index contributed by atoms with van der Waals surface area (Å²) < 4.78 is 11.7. The number of ether oxygens (including phenoxy) is 2. The third-order valence-corrected chi connectivity index (χ3v) is 7.64. The van der Waals surface area contributed by atoms with Crippen molar-refractivity contribution in [1.82, 2.24) is 4.90 Å². The molecule has 8 heteroatoms. The van der Waals surface area contributed by atoms with E-state index in [1.165, 1.54) is 0 Å². The molecule has 0 unspecified atom stereocenters. The zero-order valence-corrected chi connectivity index (χ0v) is 20.3. The molecule has 2 amide bonds. The Hall–Kier alpha value is -2.45. The van der Waals surface area contributed by atoms with Gasteiger partial charge < -0.3 is 24.8 Å². The summed E-state index contributed by atoms with van der Waals surface area (Å²) in [6.07, 6.45) is 3.94. The van der Waals surface area contributed by atoms with Crippen molar-refractivity contribution in [1.29, 1.82) is 0 Å².